The van der Waals surface area contributed by atoms with E-state index < -0.39 is 0 Å². The van der Waals surface area contributed by atoms with Crippen molar-refractivity contribution in [3.63, 3.8) is 0 Å². The van der Waals surface area contributed by atoms with Crippen LogP contribution in [0.15, 0.2) is 46.9 Å². The number of nitrogens with zero attached hydrogens (tertiary/aromatic N) is 2. The van der Waals surface area contributed by atoms with Gasteiger partial charge >= 0.3 is 0 Å². The minimum Gasteiger partial charge on any atom is -0.391 e. The predicted octanol–water partition coefficient (Wildman–Crippen LogP) is 3.17. The molecule has 1 aromatic carbocycles. The molecule has 2 rings (SSSR count). The maximum atomic E-state index is 8.74. The van der Waals surface area contributed by atoms with Crippen LogP contribution in [0, 0.1) is 11.3 Å². The van der Waals surface area contributed by atoms with Gasteiger partial charge in [-0.3, -0.25) is 0 Å². The molecule has 0 atom stereocenters. The molecule has 0 saturated heterocycles. The maximum Gasteiger partial charge on any atom is 0.142 e. The molecular weight excluding hydrogens is 232 g/mol. The van der Waals surface area contributed by atoms with Gasteiger partial charge in [0, 0.05) is 4.88 Å². The van der Waals surface area contributed by atoms with E-state index in [4.69, 9.17) is 10.1 Å². The third kappa shape index (κ3) is 3.44. The van der Waals surface area contributed by atoms with E-state index in [-0.39, 0.29) is 0 Å². The number of benzene rings is 1. The second kappa shape index (κ2) is 5.83. The van der Waals surface area contributed by atoms with Crippen LogP contribution < -0.4 is 0 Å². The number of oxime groups is 1. The fourth-order valence-corrected chi connectivity index (χ4v) is 1.87. The molecule has 84 valence electrons. The summed E-state index contributed by atoms with van der Waals surface area (Å²) in [6.45, 7) is 0.372. The highest BCUT2D eigenvalue weighted by atomic mass is 32.1. The van der Waals surface area contributed by atoms with E-state index in [9.17, 15) is 0 Å². The van der Waals surface area contributed by atoms with E-state index >= 15 is 0 Å². The Morgan fingerprint density at radius 1 is 1.35 bits per heavy atom. The van der Waals surface area contributed by atoms with Gasteiger partial charge in [0.2, 0.25) is 0 Å². The Morgan fingerprint density at radius 3 is 3.06 bits per heavy atom. The molecule has 2 aromatic rings. The van der Waals surface area contributed by atoms with E-state index in [1.807, 2.05) is 29.6 Å². The first-order chi connectivity index (χ1) is 8.38. The number of hydrogen-bond acceptors (Lipinski definition) is 4. The van der Waals surface area contributed by atoms with Crippen LogP contribution >= 0.6 is 11.3 Å². The third-order valence-electron chi connectivity index (χ3n) is 2.08. The van der Waals surface area contributed by atoms with Crippen molar-refractivity contribution in [1.29, 1.82) is 5.26 Å². The van der Waals surface area contributed by atoms with Gasteiger partial charge in [-0.15, -0.1) is 11.3 Å². The summed E-state index contributed by atoms with van der Waals surface area (Å²) in [5.41, 5.74) is 1.57. The second-order valence-corrected chi connectivity index (χ2v) is 4.31. The molecule has 0 fully saturated rings. The number of hydrogen-bond donors (Lipinski definition) is 0. The van der Waals surface area contributed by atoms with Crippen molar-refractivity contribution < 1.29 is 4.84 Å². The normalized spacial score (nSPS) is 10.3. The summed E-state index contributed by atoms with van der Waals surface area (Å²) in [5, 5.41) is 14.6. The van der Waals surface area contributed by atoms with Gasteiger partial charge < -0.3 is 4.84 Å². The van der Waals surface area contributed by atoms with Gasteiger partial charge in [-0.25, -0.2) is 0 Å². The highest BCUT2D eigenvalue weighted by Crippen LogP contribution is 2.07. The summed E-state index contributed by atoms with van der Waals surface area (Å²) >= 11 is 1.60. The van der Waals surface area contributed by atoms with Crippen molar-refractivity contribution in [2.24, 2.45) is 5.16 Å². The van der Waals surface area contributed by atoms with Crippen LogP contribution in [-0.2, 0) is 11.4 Å². The topological polar surface area (TPSA) is 45.4 Å². The Kier molecular flexibility index (Phi) is 3.90. The summed E-state index contributed by atoms with van der Waals surface area (Å²) in [4.78, 5) is 6.21. The minimum absolute atomic E-state index is 0.372. The van der Waals surface area contributed by atoms with E-state index in [0.29, 0.717) is 12.2 Å². The van der Waals surface area contributed by atoms with E-state index in [0.717, 1.165) is 10.4 Å². The SMILES string of the molecule is N#Cc1cccc(CO/N=C/c2cccs2)c1. The lowest BCUT2D eigenvalue weighted by molar-refractivity contribution is 0.132. The Morgan fingerprint density at radius 2 is 2.29 bits per heavy atom. The van der Waals surface area contributed by atoms with Gasteiger partial charge in [0.15, 0.2) is 0 Å². The zero-order valence-electron chi connectivity index (χ0n) is 9.04. The van der Waals surface area contributed by atoms with Gasteiger partial charge in [-0.1, -0.05) is 23.4 Å². The molecule has 0 radical (unpaired) electrons. The Balaban J connectivity index is 1.88. The lowest BCUT2D eigenvalue weighted by atomic mass is 10.1. The fourth-order valence-electron chi connectivity index (χ4n) is 1.30. The quantitative estimate of drug-likeness (QED) is 0.610. The summed E-state index contributed by atoms with van der Waals surface area (Å²) in [6, 6.07) is 13.3. The first kappa shape index (κ1) is 11.4. The highest BCUT2D eigenvalue weighted by molar-refractivity contribution is 7.11. The van der Waals surface area contributed by atoms with Crippen molar-refractivity contribution in [2.45, 2.75) is 6.61 Å². The lowest BCUT2D eigenvalue weighted by Gasteiger charge is -1.99. The summed E-state index contributed by atoms with van der Waals surface area (Å²) in [5.74, 6) is 0. The van der Waals surface area contributed by atoms with Gasteiger partial charge in [-0.05, 0) is 29.1 Å². The first-order valence-electron chi connectivity index (χ1n) is 5.06. The first-order valence-corrected chi connectivity index (χ1v) is 5.94. The highest BCUT2D eigenvalue weighted by Gasteiger charge is 1.95. The average Bonchev–Trinajstić information content (AvgIpc) is 2.88. The van der Waals surface area contributed by atoms with Crippen molar-refractivity contribution in [1.82, 2.24) is 0 Å². The predicted molar refractivity (Wildman–Crippen MR) is 67.9 cm³/mol. The summed E-state index contributed by atoms with van der Waals surface area (Å²) in [6.07, 6.45) is 1.68. The maximum absolute atomic E-state index is 8.74. The zero-order chi connectivity index (χ0) is 11.9. The second-order valence-electron chi connectivity index (χ2n) is 3.34. The zero-order valence-corrected chi connectivity index (χ0v) is 9.85. The molecule has 3 nitrogen and oxygen atoms in total. The van der Waals surface area contributed by atoms with Crippen LogP contribution in [0.25, 0.3) is 0 Å². The molecule has 0 aliphatic rings. The van der Waals surface area contributed by atoms with Crippen LogP contribution in [-0.4, -0.2) is 6.21 Å². The number of rotatable bonds is 4. The van der Waals surface area contributed by atoms with Crippen LogP contribution in [0.5, 0.6) is 0 Å². The van der Waals surface area contributed by atoms with Crippen molar-refractivity contribution in [3.05, 3.63) is 57.8 Å². The van der Waals surface area contributed by atoms with E-state index in [1.54, 1.807) is 29.7 Å². The molecule has 0 amide bonds. The Labute approximate surface area is 104 Å². The standard InChI is InChI=1S/C13H10N2OS/c14-8-11-3-1-4-12(7-11)10-16-15-9-13-5-2-6-17-13/h1-7,9H,10H2/b15-9+. The molecule has 1 heterocycles. The largest absolute Gasteiger partial charge is 0.391 e. The lowest BCUT2D eigenvalue weighted by Crippen LogP contribution is -1.88. The smallest absolute Gasteiger partial charge is 0.142 e. The van der Waals surface area contributed by atoms with Crippen molar-refractivity contribution >= 4 is 17.6 Å². The number of thiophene rings is 1. The van der Waals surface area contributed by atoms with E-state index in [2.05, 4.69) is 11.2 Å². The van der Waals surface area contributed by atoms with Crippen LogP contribution in [0.3, 0.4) is 0 Å². The summed E-state index contributed by atoms with van der Waals surface area (Å²) in [7, 11) is 0. The molecule has 0 unspecified atom stereocenters. The number of nitriles is 1. The van der Waals surface area contributed by atoms with Crippen LogP contribution in [0.2, 0.25) is 0 Å². The fraction of sp³-hybridized carbons (Fsp3) is 0.0769. The van der Waals surface area contributed by atoms with Gasteiger partial charge in [0.05, 0.1) is 17.8 Å². The third-order valence-corrected chi connectivity index (χ3v) is 2.89. The molecule has 0 aliphatic carbocycles. The monoisotopic (exact) mass is 242 g/mol. The van der Waals surface area contributed by atoms with Gasteiger partial charge in [-0.2, -0.15) is 5.26 Å². The molecule has 0 N–H and O–H groups in total. The molecule has 0 aliphatic heterocycles. The molecule has 4 heteroatoms. The average molecular weight is 242 g/mol. The molecule has 0 spiro atoms. The van der Waals surface area contributed by atoms with Crippen molar-refractivity contribution in [2.75, 3.05) is 0 Å². The molecular formula is C13H10N2OS. The molecule has 17 heavy (non-hydrogen) atoms. The van der Waals surface area contributed by atoms with Crippen LogP contribution in [0.4, 0.5) is 0 Å². The van der Waals surface area contributed by atoms with Gasteiger partial charge in [0.25, 0.3) is 0 Å². The Bertz CT molecular complexity index is 541. The van der Waals surface area contributed by atoms with Crippen LogP contribution in [0.1, 0.15) is 16.0 Å². The van der Waals surface area contributed by atoms with E-state index in [1.165, 1.54) is 0 Å². The molecule has 1 aromatic heterocycles. The Hall–Kier alpha value is -2.12. The molecule has 0 bridgehead atoms. The van der Waals surface area contributed by atoms with Gasteiger partial charge in [0.1, 0.15) is 6.61 Å². The molecule has 0 saturated carbocycles. The van der Waals surface area contributed by atoms with Crippen molar-refractivity contribution in [3.8, 4) is 6.07 Å². The minimum atomic E-state index is 0.372. The summed E-state index contributed by atoms with van der Waals surface area (Å²) < 4.78 is 0.